The molecule has 1 N–H and O–H groups in total. The number of likely N-dealkylation sites (tertiary alicyclic amines) is 1. The van der Waals surface area contributed by atoms with Crippen LogP contribution in [0, 0.1) is 6.92 Å². The molecule has 8 nitrogen and oxygen atoms in total. The zero-order valence-corrected chi connectivity index (χ0v) is 18.1. The molecule has 1 aromatic carbocycles. The largest absolute Gasteiger partial charge is 0.495 e. The minimum atomic E-state index is -0.283. The first-order chi connectivity index (χ1) is 15.6. The number of ether oxygens (including phenoxy) is 1. The molecule has 0 atom stereocenters. The predicted octanol–water partition coefficient (Wildman–Crippen LogP) is 3.46. The van der Waals surface area contributed by atoms with Crippen molar-refractivity contribution >= 4 is 17.5 Å². The average Bonchev–Trinajstić information content (AvgIpc) is 2.84. The van der Waals surface area contributed by atoms with Crippen molar-refractivity contribution in [3.8, 4) is 5.75 Å². The van der Waals surface area contributed by atoms with Crippen molar-refractivity contribution in [2.45, 2.75) is 25.7 Å². The van der Waals surface area contributed by atoms with E-state index in [1.165, 1.54) is 0 Å². The lowest BCUT2D eigenvalue weighted by atomic mass is 9.95. The highest BCUT2D eigenvalue weighted by molar-refractivity contribution is 6.05. The molecule has 2 aromatic heterocycles. The van der Waals surface area contributed by atoms with Crippen LogP contribution in [-0.4, -0.2) is 51.9 Å². The number of carbonyl (C=O) groups excluding carboxylic acids is 2. The number of amides is 2. The number of hydrogen-bond donors (Lipinski definition) is 1. The molecular weight excluding hydrogens is 406 g/mol. The van der Waals surface area contributed by atoms with Gasteiger partial charge in [-0.2, -0.15) is 0 Å². The number of aryl methyl sites for hydroxylation is 1. The number of benzene rings is 1. The van der Waals surface area contributed by atoms with Crippen LogP contribution in [0.1, 0.15) is 51.1 Å². The van der Waals surface area contributed by atoms with E-state index in [0.29, 0.717) is 47.3 Å². The molecule has 1 fully saturated rings. The van der Waals surface area contributed by atoms with Crippen molar-refractivity contribution in [1.82, 2.24) is 19.9 Å². The van der Waals surface area contributed by atoms with E-state index in [1.54, 1.807) is 43.8 Å². The van der Waals surface area contributed by atoms with E-state index in [9.17, 15) is 9.59 Å². The number of piperidine rings is 1. The molecule has 1 aliphatic rings. The highest BCUT2D eigenvalue weighted by Gasteiger charge is 2.27. The molecule has 0 bridgehead atoms. The highest BCUT2D eigenvalue weighted by atomic mass is 16.5. The second kappa shape index (κ2) is 9.55. The van der Waals surface area contributed by atoms with Crippen LogP contribution >= 0.6 is 0 Å². The number of methoxy groups -OCH3 is 1. The van der Waals surface area contributed by atoms with E-state index >= 15 is 0 Å². The van der Waals surface area contributed by atoms with E-state index in [0.717, 1.165) is 12.8 Å². The third kappa shape index (κ3) is 4.59. The number of rotatable bonds is 5. The van der Waals surface area contributed by atoms with Crippen molar-refractivity contribution in [2.24, 2.45) is 0 Å². The second-order valence-corrected chi connectivity index (χ2v) is 7.66. The van der Waals surface area contributed by atoms with Crippen molar-refractivity contribution in [3.05, 3.63) is 77.6 Å². The summed E-state index contributed by atoms with van der Waals surface area (Å²) in [5.41, 5.74) is 2.09. The fraction of sp³-hybridized carbons (Fsp3) is 0.292. The van der Waals surface area contributed by atoms with Gasteiger partial charge in [-0.15, -0.1) is 0 Å². The lowest BCUT2D eigenvalue weighted by Crippen LogP contribution is -2.38. The molecule has 32 heavy (non-hydrogen) atoms. The molecule has 1 aliphatic heterocycles. The SMILES string of the molecule is COc1ccccc1NC(=O)c1cnc(C2CCN(C(=O)c3ccccn3)CC2)nc1C. The number of hydrogen-bond acceptors (Lipinski definition) is 6. The summed E-state index contributed by atoms with van der Waals surface area (Å²) >= 11 is 0. The van der Waals surface area contributed by atoms with Crippen LogP contribution < -0.4 is 10.1 Å². The van der Waals surface area contributed by atoms with Gasteiger partial charge in [0.25, 0.3) is 11.8 Å². The number of pyridine rings is 1. The van der Waals surface area contributed by atoms with Gasteiger partial charge in [-0.3, -0.25) is 14.6 Å². The van der Waals surface area contributed by atoms with E-state index in [1.807, 2.05) is 30.0 Å². The van der Waals surface area contributed by atoms with Crippen LogP contribution in [-0.2, 0) is 0 Å². The lowest BCUT2D eigenvalue weighted by Gasteiger charge is -2.31. The average molecular weight is 431 g/mol. The zero-order chi connectivity index (χ0) is 22.5. The summed E-state index contributed by atoms with van der Waals surface area (Å²) < 4.78 is 5.29. The summed E-state index contributed by atoms with van der Waals surface area (Å²) in [7, 11) is 1.56. The summed E-state index contributed by atoms with van der Waals surface area (Å²) in [5, 5.41) is 2.86. The number of carbonyl (C=O) groups is 2. The quantitative estimate of drug-likeness (QED) is 0.664. The maximum atomic E-state index is 12.7. The lowest BCUT2D eigenvalue weighted by molar-refractivity contribution is 0.0704. The molecule has 3 heterocycles. The fourth-order valence-electron chi connectivity index (χ4n) is 3.83. The highest BCUT2D eigenvalue weighted by Crippen LogP contribution is 2.27. The Morgan fingerprint density at radius 3 is 2.50 bits per heavy atom. The number of anilines is 1. The van der Waals surface area contributed by atoms with Gasteiger partial charge >= 0.3 is 0 Å². The van der Waals surface area contributed by atoms with Crippen molar-refractivity contribution in [3.63, 3.8) is 0 Å². The first kappa shape index (κ1) is 21.4. The standard InChI is InChI=1S/C24H25N5O3/c1-16-18(23(30)28-19-7-3-4-9-21(19)32-2)15-26-22(27-16)17-10-13-29(14-11-17)24(31)20-8-5-6-12-25-20/h3-9,12,15,17H,10-11,13-14H2,1-2H3,(H,28,30). The maximum Gasteiger partial charge on any atom is 0.272 e. The van der Waals surface area contributed by atoms with Gasteiger partial charge in [-0.1, -0.05) is 18.2 Å². The molecule has 164 valence electrons. The Labute approximate surface area is 186 Å². The molecule has 1 saturated heterocycles. The smallest absolute Gasteiger partial charge is 0.272 e. The predicted molar refractivity (Wildman–Crippen MR) is 120 cm³/mol. The molecule has 2 amide bonds. The van der Waals surface area contributed by atoms with E-state index in [4.69, 9.17) is 4.74 Å². The van der Waals surface area contributed by atoms with Crippen molar-refractivity contribution in [2.75, 3.05) is 25.5 Å². The Kier molecular flexibility index (Phi) is 6.39. The summed E-state index contributed by atoms with van der Waals surface area (Å²) in [6.45, 7) is 3.05. The number of nitrogens with zero attached hydrogens (tertiary/aromatic N) is 4. The molecule has 3 aromatic rings. The third-order valence-corrected chi connectivity index (χ3v) is 5.63. The molecule has 0 saturated carbocycles. The Hall–Kier alpha value is -3.81. The van der Waals surface area contributed by atoms with Gasteiger partial charge in [0.2, 0.25) is 0 Å². The van der Waals surface area contributed by atoms with Gasteiger partial charge in [0.15, 0.2) is 0 Å². The van der Waals surface area contributed by atoms with E-state index < -0.39 is 0 Å². The van der Waals surface area contributed by atoms with Crippen LogP contribution in [0.5, 0.6) is 5.75 Å². The molecule has 4 rings (SSSR count). The normalized spacial score (nSPS) is 14.1. The molecule has 0 spiro atoms. The summed E-state index contributed by atoms with van der Waals surface area (Å²) in [5.74, 6) is 1.11. The van der Waals surface area contributed by atoms with Gasteiger partial charge in [0.05, 0.1) is 24.1 Å². The molecule has 0 radical (unpaired) electrons. The van der Waals surface area contributed by atoms with Gasteiger partial charge in [-0.25, -0.2) is 9.97 Å². The Morgan fingerprint density at radius 2 is 1.81 bits per heavy atom. The summed E-state index contributed by atoms with van der Waals surface area (Å²) in [4.78, 5) is 40.4. The Morgan fingerprint density at radius 1 is 1.06 bits per heavy atom. The van der Waals surface area contributed by atoms with Crippen LogP contribution in [0.15, 0.2) is 54.9 Å². The van der Waals surface area contributed by atoms with Crippen LogP contribution in [0.3, 0.4) is 0 Å². The second-order valence-electron chi connectivity index (χ2n) is 7.66. The zero-order valence-electron chi connectivity index (χ0n) is 18.1. The minimum Gasteiger partial charge on any atom is -0.495 e. The van der Waals surface area contributed by atoms with E-state index in [2.05, 4.69) is 20.3 Å². The Bertz CT molecular complexity index is 1110. The monoisotopic (exact) mass is 431 g/mol. The van der Waals surface area contributed by atoms with Crippen LogP contribution in [0.4, 0.5) is 5.69 Å². The molecular formula is C24H25N5O3. The first-order valence-corrected chi connectivity index (χ1v) is 10.5. The van der Waals surface area contributed by atoms with Gasteiger partial charge in [0, 0.05) is 31.4 Å². The van der Waals surface area contributed by atoms with Crippen LogP contribution in [0.25, 0.3) is 0 Å². The van der Waals surface area contributed by atoms with Gasteiger partial charge in [-0.05, 0) is 44.0 Å². The number of para-hydroxylation sites is 2. The number of nitrogens with one attached hydrogen (secondary N) is 1. The topological polar surface area (TPSA) is 97.3 Å². The molecule has 8 heteroatoms. The Balaban J connectivity index is 1.40. The van der Waals surface area contributed by atoms with Crippen LogP contribution in [0.2, 0.25) is 0 Å². The molecule has 0 aliphatic carbocycles. The summed E-state index contributed by atoms with van der Waals surface area (Å²) in [6, 6.07) is 12.6. The maximum absolute atomic E-state index is 12.7. The number of aromatic nitrogens is 3. The summed E-state index contributed by atoms with van der Waals surface area (Å²) in [6.07, 6.45) is 4.74. The minimum absolute atomic E-state index is 0.0514. The van der Waals surface area contributed by atoms with Gasteiger partial charge < -0.3 is 15.0 Å². The molecule has 0 unspecified atom stereocenters. The van der Waals surface area contributed by atoms with E-state index in [-0.39, 0.29) is 17.7 Å². The third-order valence-electron chi connectivity index (χ3n) is 5.63. The van der Waals surface area contributed by atoms with Crippen molar-refractivity contribution < 1.29 is 14.3 Å². The first-order valence-electron chi connectivity index (χ1n) is 10.5. The fourth-order valence-corrected chi connectivity index (χ4v) is 3.83. The van der Waals surface area contributed by atoms with Gasteiger partial charge in [0.1, 0.15) is 17.3 Å². The van der Waals surface area contributed by atoms with Crippen molar-refractivity contribution in [1.29, 1.82) is 0 Å².